The molecule has 0 unspecified atom stereocenters. The van der Waals surface area contributed by atoms with Crippen LogP contribution in [0.15, 0.2) is 24.3 Å². The molecule has 0 radical (unpaired) electrons. The maximum atomic E-state index is 13.0. The summed E-state index contributed by atoms with van der Waals surface area (Å²) in [5, 5.41) is 7.41. The molecule has 0 fully saturated rings. The van der Waals surface area contributed by atoms with Crippen LogP contribution >= 0.6 is 0 Å². The van der Waals surface area contributed by atoms with Crippen LogP contribution in [0.25, 0.3) is 0 Å². The van der Waals surface area contributed by atoms with Gasteiger partial charge in [-0.15, -0.1) is 0 Å². The average Bonchev–Trinajstić information content (AvgIpc) is 2.05. The lowest BCUT2D eigenvalue weighted by Gasteiger charge is -2.02. The highest BCUT2D eigenvalue weighted by Crippen LogP contribution is 2.06. The van der Waals surface area contributed by atoms with Gasteiger partial charge in [0.05, 0.1) is 12.3 Å². The third-order valence-electron chi connectivity index (χ3n) is 1.49. The average molecular weight is 167 g/mol. The fourth-order valence-corrected chi connectivity index (χ4v) is 0.928. The smallest absolute Gasteiger partial charge is 0.132 e. The van der Waals surface area contributed by atoms with Gasteiger partial charge in [0.2, 0.25) is 0 Å². The lowest BCUT2D eigenvalue weighted by molar-refractivity contribution is 0.245. The molecule has 0 atom stereocenters. The molecule has 0 spiro atoms. The zero-order valence-corrected chi connectivity index (χ0v) is 6.80. The molecule has 0 bridgehead atoms. The Morgan fingerprint density at radius 1 is 1.50 bits per heavy atom. The minimum atomic E-state index is -0.375. The minimum absolute atomic E-state index is 0.140. The van der Waals surface area contributed by atoms with E-state index >= 15 is 0 Å². The Morgan fingerprint density at radius 3 is 2.75 bits per heavy atom. The predicted octanol–water partition coefficient (Wildman–Crippen LogP) is 1.84. The second kappa shape index (κ2) is 3.97. The van der Waals surface area contributed by atoms with Gasteiger partial charge in [-0.3, -0.25) is 0 Å². The second-order valence-electron chi connectivity index (χ2n) is 2.39. The van der Waals surface area contributed by atoms with Crippen LogP contribution in [-0.4, -0.2) is 19.4 Å². The highest BCUT2D eigenvalue weighted by molar-refractivity contribution is 5.99. The summed E-state index contributed by atoms with van der Waals surface area (Å²) in [6.07, 6.45) is 0. The first-order chi connectivity index (χ1) is 5.75. The van der Waals surface area contributed by atoms with E-state index in [2.05, 4.69) is 0 Å². The summed E-state index contributed by atoms with van der Waals surface area (Å²) in [5.41, 5.74) is 0.468. The highest BCUT2D eigenvalue weighted by Gasteiger charge is 2.05. The van der Waals surface area contributed by atoms with E-state index in [1.807, 2.05) is 0 Å². The number of benzene rings is 1. The van der Waals surface area contributed by atoms with Crippen molar-refractivity contribution < 1.29 is 9.13 Å². The molecule has 1 aromatic carbocycles. The maximum absolute atomic E-state index is 13.0. The van der Waals surface area contributed by atoms with Gasteiger partial charge in [-0.05, 0) is 6.07 Å². The first-order valence-electron chi connectivity index (χ1n) is 3.57. The van der Waals surface area contributed by atoms with Crippen molar-refractivity contribution in [1.82, 2.24) is 0 Å². The molecule has 0 aliphatic carbocycles. The van der Waals surface area contributed by atoms with Crippen molar-refractivity contribution in [3.63, 3.8) is 0 Å². The molecule has 0 aliphatic heterocycles. The van der Waals surface area contributed by atoms with Crippen molar-refractivity contribution in [2.45, 2.75) is 0 Å². The first-order valence-corrected chi connectivity index (χ1v) is 3.57. The van der Waals surface area contributed by atoms with Crippen molar-refractivity contribution in [2.24, 2.45) is 0 Å². The Kier molecular flexibility index (Phi) is 2.94. The van der Waals surface area contributed by atoms with Crippen molar-refractivity contribution in [1.29, 1.82) is 5.41 Å². The summed E-state index contributed by atoms with van der Waals surface area (Å²) in [5.74, 6) is -0.375. The summed E-state index contributed by atoms with van der Waals surface area (Å²) in [4.78, 5) is 0. The zero-order valence-electron chi connectivity index (χ0n) is 6.80. The zero-order chi connectivity index (χ0) is 8.97. The molecular weight excluding hydrogens is 157 g/mol. The number of halogens is 1. The van der Waals surface area contributed by atoms with E-state index in [1.54, 1.807) is 18.2 Å². The number of hydrogen-bond donors (Lipinski definition) is 1. The van der Waals surface area contributed by atoms with Crippen molar-refractivity contribution in [3.8, 4) is 0 Å². The third-order valence-corrected chi connectivity index (χ3v) is 1.49. The SMILES string of the molecule is COCC(=N)c1ccccc1F. The number of ether oxygens (including phenoxy) is 1. The largest absolute Gasteiger partial charge is 0.378 e. The second-order valence-corrected chi connectivity index (χ2v) is 2.39. The predicted molar refractivity (Wildman–Crippen MR) is 45.1 cm³/mol. The Hall–Kier alpha value is -1.22. The number of rotatable bonds is 3. The van der Waals surface area contributed by atoms with Crippen LogP contribution in [-0.2, 0) is 4.74 Å². The molecule has 2 nitrogen and oxygen atoms in total. The standard InChI is InChI=1S/C9H10FNO/c1-12-6-9(11)7-4-2-3-5-8(7)10/h2-5,11H,6H2,1H3. The van der Waals surface area contributed by atoms with Gasteiger partial charge in [0.1, 0.15) is 5.82 Å². The molecular formula is C9H10FNO. The first kappa shape index (κ1) is 8.87. The molecule has 0 aliphatic rings. The van der Waals surface area contributed by atoms with Crippen LogP contribution in [0, 0.1) is 11.2 Å². The van der Waals surface area contributed by atoms with Crippen LogP contribution in [0.2, 0.25) is 0 Å². The van der Waals surface area contributed by atoms with Crippen molar-refractivity contribution in [2.75, 3.05) is 13.7 Å². The summed E-state index contributed by atoms with van der Waals surface area (Å²) >= 11 is 0. The van der Waals surface area contributed by atoms with Gasteiger partial charge in [-0.2, -0.15) is 0 Å². The van der Waals surface area contributed by atoms with E-state index in [9.17, 15) is 4.39 Å². The molecule has 1 N–H and O–H groups in total. The van der Waals surface area contributed by atoms with E-state index in [-0.39, 0.29) is 18.1 Å². The lowest BCUT2D eigenvalue weighted by Crippen LogP contribution is -2.08. The van der Waals surface area contributed by atoms with E-state index < -0.39 is 0 Å². The maximum Gasteiger partial charge on any atom is 0.132 e. The molecule has 1 aromatic rings. The molecule has 0 saturated heterocycles. The monoisotopic (exact) mass is 167 g/mol. The normalized spacial score (nSPS) is 9.83. The van der Waals surface area contributed by atoms with Crippen LogP contribution < -0.4 is 0 Å². The summed E-state index contributed by atoms with van der Waals surface area (Å²) in [7, 11) is 1.48. The molecule has 0 heterocycles. The molecule has 12 heavy (non-hydrogen) atoms. The summed E-state index contributed by atoms with van der Waals surface area (Å²) in [6.45, 7) is 0.140. The van der Waals surface area contributed by atoms with Gasteiger partial charge in [0.25, 0.3) is 0 Å². The molecule has 0 amide bonds. The highest BCUT2D eigenvalue weighted by atomic mass is 19.1. The van der Waals surface area contributed by atoms with Crippen LogP contribution in [0.3, 0.4) is 0 Å². The molecule has 0 saturated carbocycles. The van der Waals surface area contributed by atoms with Crippen LogP contribution in [0.1, 0.15) is 5.56 Å². The van der Waals surface area contributed by atoms with E-state index in [1.165, 1.54) is 13.2 Å². The van der Waals surface area contributed by atoms with E-state index in [0.717, 1.165) is 0 Å². The Morgan fingerprint density at radius 2 is 2.17 bits per heavy atom. The van der Waals surface area contributed by atoms with E-state index in [4.69, 9.17) is 10.1 Å². The fraction of sp³-hybridized carbons (Fsp3) is 0.222. The quantitative estimate of drug-likeness (QED) is 0.684. The Balaban J connectivity index is 2.87. The fourth-order valence-electron chi connectivity index (χ4n) is 0.928. The molecule has 0 aromatic heterocycles. The minimum Gasteiger partial charge on any atom is -0.378 e. The van der Waals surface area contributed by atoms with Crippen LogP contribution in [0.4, 0.5) is 4.39 Å². The number of hydrogen-bond acceptors (Lipinski definition) is 2. The van der Waals surface area contributed by atoms with Gasteiger partial charge in [-0.1, -0.05) is 18.2 Å². The van der Waals surface area contributed by atoms with Crippen molar-refractivity contribution in [3.05, 3.63) is 35.6 Å². The van der Waals surface area contributed by atoms with Crippen LogP contribution in [0.5, 0.6) is 0 Å². The Bertz CT molecular complexity index is 286. The van der Waals surface area contributed by atoms with Gasteiger partial charge >= 0.3 is 0 Å². The Labute approximate surface area is 70.5 Å². The topological polar surface area (TPSA) is 33.1 Å². The molecule has 1 rings (SSSR count). The summed E-state index contributed by atoms with van der Waals surface area (Å²) < 4.78 is 17.7. The van der Waals surface area contributed by atoms with Gasteiger partial charge in [0, 0.05) is 12.7 Å². The number of methoxy groups -OCH3 is 1. The van der Waals surface area contributed by atoms with Gasteiger partial charge < -0.3 is 10.1 Å². The van der Waals surface area contributed by atoms with E-state index in [0.29, 0.717) is 5.56 Å². The molecule has 3 heteroatoms. The van der Waals surface area contributed by atoms with Gasteiger partial charge in [0.15, 0.2) is 0 Å². The van der Waals surface area contributed by atoms with Crippen molar-refractivity contribution >= 4 is 5.71 Å². The summed E-state index contributed by atoms with van der Waals surface area (Å²) in [6, 6.07) is 6.19. The lowest BCUT2D eigenvalue weighted by atomic mass is 10.1. The molecule has 64 valence electrons. The number of nitrogens with one attached hydrogen (secondary N) is 1. The third kappa shape index (κ3) is 1.89. The van der Waals surface area contributed by atoms with Gasteiger partial charge in [-0.25, -0.2) is 4.39 Å².